The van der Waals surface area contributed by atoms with Crippen LogP contribution in [0.2, 0.25) is 0 Å². The third kappa shape index (κ3) is 2.05. The number of ether oxygens (including phenoxy) is 1. The third-order valence-electron chi connectivity index (χ3n) is 4.43. The third-order valence-corrected chi connectivity index (χ3v) is 4.43. The number of carbonyl (C=O) groups is 1. The number of hydrogen-bond donors (Lipinski definition) is 0. The monoisotopic (exact) mass is 244 g/mol. The van der Waals surface area contributed by atoms with Crippen LogP contribution in [0.15, 0.2) is 18.2 Å². The summed E-state index contributed by atoms with van der Waals surface area (Å²) < 4.78 is 4.92. The second kappa shape index (κ2) is 4.42. The van der Waals surface area contributed by atoms with Gasteiger partial charge < -0.3 is 4.74 Å². The highest BCUT2D eigenvalue weighted by Gasteiger charge is 2.50. The normalized spacial score (nSPS) is 20.1. The fourth-order valence-corrected chi connectivity index (χ4v) is 3.11. The lowest BCUT2D eigenvalue weighted by Gasteiger charge is -2.18. The fourth-order valence-electron chi connectivity index (χ4n) is 3.11. The van der Waals surface area contributed by atoms with Gasteiger partial charge in [0.05, 0.1) is 12.5 Å². The van der Waals surface area contributed by atoms with Crippen molar-refractivity contribution in [1.29, 1.82) is 0 Å². The minimum Gasteiger partial charge on any atom is -0.469 e. The van der Waals surface area contributed by atoms with E-state index in [0.29, 0.717) is 0 Å². The molecule has 0 heterocycles. The van der Waals surface area contributed by atoms with Gasteiger partial charge in [0, 0.05) is 0 Å². The van der Waals surface area contributed by atoms with Gasteiger partial charge in [0.15, 0.2) is 0 Å². The first-order valence-corrected chi connectivity index (χ1v) is 6.93. The Kier molecular flexibility index (Phi) is 2.89. The minimum atomic E-state index is -0.197. The molecule has 0 saturated heterocycles. The van der Waals surface area contributed by atoms with Crippen molar-refractivity contribution in [2.75, 3.05) is 7.11 Å². The molecule has 0 aromatic heterocycles. The maximum Gasteiger partial charge on any atom is 0.312 e. The minimum absolute atomic E-state index is 0.0276. The van der Waals surface area contributed by atoms with Crippen LogP contribution in [0.3, 0.4) is 0 Å². The number of rotatable bonds is 3. The molecule has 2 nitrogen and oxygen atoms in total. The van der Waals surface area contributed by atoms with Gasteiger partial charge in [-0.25, -0.2) is 0 Å². The maximum atomic E-state index is 11.8. The molecule has 0 atom stereocenters. The van der Waals surface area contributed by atoms with E-state index in [1.165, 1.54) is 49.5 Å². The van der Waals surface area contributed by atoms with E-state index in [9.17, 15) is 4.79 Å². The van der Waals surface area contributed by atoms with E-state index in [4.69, 9.17) is 4.74 Å². The van der Waals surface area contributed by atoms with Gasteiger partial charge >= 0.3 is 5.97 Å². The predicted molar refractivity (Wildman–Crippen MR) is 70.5 cm³/mol. The van der Waals surface area contributed by atoms with Crippen molar-refractivity contribution in [2.24, 2.45) is 5.41 Å². The van der Waals surface area contributed by atoms with Crippen LogP contribution in [0.1, 0.15) is 42.4 Å². The molecule has 2 heteroatoms. The van der Waals surface area contributed by atoms with Crippen LogP contribution < -0.4 is 0 Å². The largest absolute Gasteiger partial charge is 0.469 e. The Morgan fingerprint density at radius 2 is 1.94 bits per heavy atom. The summed E-state index contributed by atoms with van der Waals surface area (Å²) in [5.41, 5.74) is 4.11. The highest BCUT2D eigenvalue weighted by atomic mass is 16.5. The van der Waals surface area contributed by atoms with Crippen LogP contribution >= 0.6 is 0 Å². The molecule has 0 bridgehead atoms. The molecule has 0 amide bonds. The van der Waals surface area contributed by atoms with E-state index < -0.39 is 0 Å². The van der Waals surface area contributed by atoms with Crippen molar-refractivity contribution in [3.8, 4) is 0 Å². The van der Waals surface area contributed by atoms with Crippen LogP contribution in [-0.2, 0) is 28.8 Å². The van der Waals surface area contributed by atoms with E-state index in [1.54, 1.807) is 0 Å². The zero-order valence-corrected chi connectivity index (χ0v) is 11.0. The lowest BCUT2D eigenvalue weighted by atomic mass is 9.88. The van der Waals surface area contributed by atoms with Crippen LogP contribution in [0.25, 0.3) is 0 Å². The maximum absolute atomic E-state index is 11.8. The Morgan fingerprint density at radius 1 is 1.22 bits per heavy atom. The second-order valence-corrected chi connectivity index (χ2v) is 5.76. The number of hydrogen-bond acceptors (Lipinski definition) is 2. The molecular weight excluding hydrogens is 224 g/mol. The van der Waals surface area contributed by atoms with Crippen molar-refractivity contribution in [3.05, 3.63) is 34.9 Å². The Balaban J connectivity index is 1.79. The molecular formula is C16H20O2. The standard InChI is InChI=1S/C16H20O2/c1-18-15(17)16(8-9-16)11-12-6-7-13-4-2-3-5-14(13)10-12/h6-7,10H,2-5,8-9,11H2,1H3. The van der Waals surface area contributed by atoms with E-state index in [1.807, 2.05) is 0 Å². The van der Waals surface area contributed by atoms with Gasteiger partial charge in [0.25, 0.3) is 0 Å². The first-order valence-electron chi connectivity index (χ1n) is 6.93. The number of aryl methyl sites for hydroxylation is 2. The molecule has 1 aromatic carbocycles. The second-order valence-electron chi connectivity index (χ2n) is 5.76. The van der Waals surface area contributed by atoms with Crippen molar-refractivity contribution >= 4 is 5.97 Å². The molecule has 0 N–H and O–H groups in total. The smallest absolute Gasteiger partial charge is 0.312 e. The molecule has 96 valence electrons. The molecule has 1 fully saturated rings. The van der Waals surface area contributed by atoms with Gasteiger partial charge in [-0.1, -0.05) is 18.2 Å². The van der Waals surface area contributed by atoms with E-state index >= 15 is 0 Å². The zero-order valence-electron chi connectivity index (χ0n) is 11.0. The molecule has 0 radical (unpaired) electrons. The first-order chi connectivity index (χ1) is 8.73. The molecule has 1 aromatic rings. The van der Waals surface area contributed by atoms with Gasteiger partial charge in [0.2, 0.25) is 0 Å². The molecule has 18 heavy (non-hydrogen) atoms. The Hall–Kier alpha value is -1.31. The van der Waals surface area contributed by atoms with Crippen molar-refractivity contribution in [1.82, 2.24) is 0 Å². The van der Waals surface area contributed by atoms with E-state index in [-0.39, 0.29) is 11.4 Å². The number of carbonyl (C=O) groups excluding carboxylic acids is 1. The van der Waals surface area contributed by atoms with Crippen LogP contribution in [-0.4, -0.2) is 13.1 Å². The predicted octanol–water partition coefficient (Wildman–Crippen LogP) is 3.06. The van der Waals surface area contributed by atoms with Gasteiger partial charge in [-0.2, -0.15) is 0 Å². The summed E-state index contributed by atoms with van der Waals surface area (Å²) in [6, 6.07) is 6.78. The van der Waals surface area contributed by atoms with Crippen LogP contribution in [0, 0.1) is 5.41 Å². The average molecular weight is 244 g/mol. The van der Waals surface area contributed by atoms with Crippen molar-refractivity contribution < 1.29 is 9.53 Å². The topological polar surface area (TPSA) is 26.3 Å². The van der Waals surface area contributed by atoms with E-state index in [2.05, 4.69) is 18.2 Å². The number of methoxy groups -OCH3 is 1. The summed E-state index contributed by atoms with van der Waals surface area (Å²) in [4.78, 5) is 11.8. The fraction of sp³-hybridized carbons (Fsp3) is 0.562. The van der Waals surface area contributed by atoms with Gasteiger partial charge in [-0.3, -0.25) is 4.79 Å². The number of fused-ring (bicyclic) bond motifs is 1. The lowest BCUT2D eigenvalue weighted by molar-refractivity contribution is -0.147. The molecule has 3 rings (SSSR count). The highest BCUT2D eigenvalue weighted by Crippen LogP contribution is 2.49. The SMILES string of the molecule is COC(=O)C1(Cc2ccc3c(c2)CCCC3)CC1. The van der Waals surface area contributed by atoms with Crippen LogP contribution in [0.5, 0.6) is 0 Å². The van der Waals surface area contributed by atoms with E-state index in [0.717, 1.165) is 19.3 Å². The van der Waals surface area contributed by atoms with Crippen LogP contribution in [0.4, 0.5) is 0 Å². The molecule has 0 aliphatic heterocycles. The first kappa shape index (κ1) is 11.8. The quantitative estimate of drug-likeness (QED) is 0.764. The van der Waals surface area contributed by atoms with Gasteiger partial charge in [-0.05, 0) is 61.6 Å². The Morgan fingerprint density at radius 3 is 2.61 bits per heavy atom. The summed E-state index contributed by atoms with van der Waals surface area (Å²) in [7, 11) is 1.50. The summed E-state index contributed by atoms with van der Waals surface area (Å²) in [6.45, 7) is 0. The summed E-state index contributed by atoms with van der Waals surface area (Å²) in [6.07, 6.45) is 7.86. The lowest BCUT2D eigenvalue weighted by Crippen LogP contribution is -2.20. The molecule has 0 unspecified atom stereocenters. The Labute approximate surface area is 108 Å². The Bertz CT molecular complexity index is 472. The average Bonchev–Trinajstić information content (AvgIpc) is 3.18. The van der Waals surface area contributed by atoms with Crippen molar-refractivity contribution in [2.45, 2.75) is 44.9 Å². The molecule has 0 spiro atoms. The highest BCUT2D eigenvalue weighted by molar-refractivity contribution is 5.80. The van der Waals surface area contributed by atoms with Gasteiger partial charge in [-0.15, -0.1) is 0 Å². The summed E-state index contributed by atoms with van der Waals surface area (Å²) >= 11 is 0. The number of esters is 1. The molecule has 2 aliphatic rings. The summed E-state index contributed by atoms with van der Waals surface area (Å²) in [5, 5.41) is 0. The van der Waals surface area contributed by atoms with Gasteiger partial charge in [0.1, 0.15) is 0 Å². The molecule has 2 aliphatic carbocycles. The van der Waals surface area contributed by atoms with Crippen molar-refractivity contribution in [3.63, 3.8) is 0 Å². The summed E-state index contributed by atoms with van der Waals surface area (Å²) in [5.74, 6) is -0.0276. The zero-order chi connectivity index (χ0) is 12.6. The number of benzene rings is 1. The molecule has 1 saturated carbocycles.